The zero-order valence-electron chi connectivity index (χ0n) is 17.9. The van der Waals surface area contributed by atoms with Crippen molar-refractivity contribution in [1.82, 2.24) is 9.21 Å². The standard InChI is InChI=1S/C25H28N2O3S2/c28-18-23-25(21-12-10-20(11-13-21)19-7-2-1-3-8-19)22-17-26(14-4-5-15-27(22)23)32(29,30)24-9-6-16-31-24/h1-3,6-13,16,22-23,25,28H,4-5,14-15,17-18H2/t22-,23+,25+/m0/s1. The topological polar surface area (TPSA) is 60.9 Å². The monoisotopic (exact) mass is 468 g/mol. The summed E-state index contributed by atoms with van der Waals surface area (Å²) in [6, 6.07) is 22.4. The Hall–Kier alpha value is -2.03. The van der Waals surface area contributed by atoms with Crippen LogP contribution in [0.1, 0.15) is 24.3 Å². The first-order chi connectivity index (χ1) is 15.6. The van der Waals surface area contributed by atoms with Gasteiger partial charge in [-0.1, -0.05) is 60.7 Å². The maximum absolute atomic E-state index is 13.3. The summed E-state index contributed by atoms with van der Waals surface area (Å²) in [5, 5.41) is 12.0. The van der Waals surface area contributed by atoms with E-state index in [1.54, 1.807) is 16.4 Å². The van der Waals surface area contributed by atoms with Crippen molar-refractivity contribution in [3.8, 4) is 11.1 Å². The van der Waals surface area contributed by atoms with E-state index in [0.29, 0.717) is 17.3 Å². The summed E-state index contributed by atoms with van der Waals surface area (Å²) < 4.78 is 28.6. The lowest BCUT2D eigenvalue weighted by Crippen LogP contribution is -2.67. The normalized spacial score (nSPS) is 24.8. The molecule has 32 heavy (non-hydrogen) atoms. The Kier molecular flexibility index (Phi) is 6.18. The van der Waals surface area contributed by atoms with E-state index in [2.05, 4.69) is 41.3 Å². The van der Waals surface area contributed by atoms with E-state index in [0.717, 1.165) is 24.9 Å². The van der Waals surface area contributed by atoms with E-state index in [4.69, 9.17) is 0 Å². The van der Waals surface area contributed by atoms with Crippen LogP contribution in [0.15, 0.2) is 76.3 Å². The molecule has 2 fully saturated rings. The molecule has 7 heteroatoms. The van der Waals surface area contributed by atoms with Crippen LogP contribution in [0.2, 0.25) is 0 Å². The highest BCUT2D eigenvalue weighted by Crippen LogP contribution is 2.43. The van der Waals surface area contributed by atoms with E-state index in [1.165, 1.54) is 22.5 Å². The Morgan fingerprint density at radius 1 is 0.906 bits per heavy atom. The minimum atomic E-state index is -3.49. The van der Waals surface area contributed by atoms with Gasteiger partial charge in [-0.25, -0.2) is 8.42 Å². The van der Waals surface area contributed by atoms with E-state index < -0.39 is 10.0 Å². The number of sulfonamides is 1. The molecule has 5 rings (SSSR count). The Labute approximate surface area is 194 Å². The van der Waals surface area contributed by atoms with E-state index >= 15 is 0 Å². The first-order valence-electron chi connectivity index (χ1n) is 11.2. The van der Waals surface area contributed by atoms with Gasteiger partial charge >= 0.3 is 0 Å². The molecule has 2 aliphatic heterocycles. The Bertz CT molecular complexity index is 1130. The van der Waals surface area contributed by atoms with Crippen LogP contribution >= 0.6 is 11.3 Å². The third kappa shape index (κ3) is 3.93. The molecule has 0 aliphatic carbocycles. The molecule has 1 N–H and O–H groups in total. The van der Waals surface area contributed by atoms with Crippen molar-refractivity contribution < 1.29 is 13.5 Å². The molecular weight excluding hydrogens is 440 g/mol. The fourth-order valence-corrected chi connectivity index (χ4v) is 7.83. The second-order valence-corrected chi connectivity index (χ2v) is 11.7. The summed E-state index contributed by atoms with van der Waals surface area (Å²) >= 11 is 1.27. The largest absolute Gasteiger partial charge is 0.395 e. The SMILES string of the molecule is O=S(=O)(c1cccs1)N1CCCCN2[C@H](CO)[C@H](c3ccc(-c4ccccc4)cc3)[C@@H]2C1. The van der Waals surface area contributed by atoms with Crippen molar-refractivity contribution in [2.24, 2.45) is 0 Å². The van der Waals surface area contributed by atoms with E-state index in [-0.39, 0.29) is 24.6 Å². The average molecular weight is 469 g/mol. The lowest BCUT2D eigenvalue weighted by atomic mass is 9.74. The van der Waals surface area contributed by atoms with E-state index in [1.807, 2.05) is 23.6 Å². The van der Waals surface area contributed by atoms with Crippen LogP contribution in [0.3, 0.4) is 0 Å². The van der Waals surface area contributed by atoms with Gasteiger partial charge in [-0.05, 0) is 47.5 Å². The van der Waals surface area contributed by atoms with Gasteiger partial charge in [-0.3, -0.25) is 4.90 Å². The highest BCUT2D eigenvalue weighted by atomic mass is 32.2. The lowest BCUT2D eigenvalue weighted by molar-refractivity contribution is -0.0553. The summed E-state index contributed by atoms with van der Waals surface area (Å²) in [4.78, 5) is 2.31. The molecule has 0 amide bonds. The van der Waals surface area contributed by atoms with Crippen LogP contribution in [0, 0.1) is 0 Å². The predicted octanol–water partition coefficient (Wildman–Crippen LogP) is 4.03. The van der Waals surface area contributed by atoms with Crippen LogP contribution in [-0.4, -0.2) is 61.1 Å². The molecule has 168 valence electrons. The number of aliphatic hydroxyl groups is 1. The van der Waals surface area contributed by atoms with Crippen molar-refractivity contribution in [3.63, 3.8) is 0 Å². The molecule has 3 heterocycles. The molecule has 0 unspecified atom stereocenters. The number of hydrogen-bond donors (Lipinski definition) is 1. The molecular formula is C25H28N2O3S2. The molecule has 0 spiro atoms. The van der Waals surface area contributed by atoms with Crippen LogP contribution in [0.4, 0.5) is 0 Å². The Morgan fingerprint density at radius 2 is 1.62 bits per heavy atom. The summed E-state index contributed by atoms with van der Waals surface area (Å²) in [5.74, 6) is 0.115. The third-order valence-electron chi connectivity index (χ3n) is 6.82. The molecule has 2 aliphatic rings. The van der Waals surface area contributed by atoms with Gasteiger partial charge in [0.15, 0.2) is 0 Å². The Balaban J connectivity index is 1.42. The second-order valence-electron chi connectivity index (χ2n) is 8.57. The van der Waals surface area contributed by atoms with Gasteiger partial charge in [0.25, 0.3) is 10.0 Å². The number of fused-ring (bicyclic) bond motifs is 1. The number of aliphatic hydroxyl groups excluding tert-OH is 1. The molecule has 0 bridgehead atoms. The predicted molar refractivity (Wildman–Crippen MR) is 128 cm³/mol. The first kappa shape index (κ1) is 21.8. The average Bonchev–Trinajstić information content (AvgIpc) is 3.35. The van der Waals surface area contributed by atoms with Gasteiger partial charge in [-0.15, -0.1) is 11.3 Å². The minimum Gasteiger partial charge on any atom is -0.395 e. The van der Waals surface area contributed by atoms with E-state index in [9.17, 15) is 13.5 Å². The minimum absolute atomic E-state index is 0.0342. The molecule has 2 aromatic carbocycles. The number of hydrogen-bond acceptors (Lipinski definition) is 5. The van der Waals surface area contributed by atoms with Gasteiger partial charge in [0.05, 0.1) is 6.61 Å². The molecule has 3 aromatic rings. The molecule has 1 aromatic heterocycles. The van der Waals surface area contributed by atoms with Gasteiger partial charge in [0.1, 0.15) is 4.21 Å². The van der Waals surface area contributed by atoms with Crippen LogP contribution in [0.5, 0.6) is 0 Å². The smallest absolute Gasteiger partial charge is 0.252 e. The highest BCUT2D eigenvalue weighted by molar-refractivity contribution is 7.91. The quantitative estimate of drug-likeness (QED) is 0.614. The van der Waals surface area contributed by atoms with Crippen molar-refractivity contribution in [1.29, 1.82) is 0 Å². The summed E-state index contributed by atoms with van der Waals surface area (Å²) in [6.45, 7) is 2.00. The van der Waals surface area contributed by atoms with Gasteiger partial charge < -0.3 is 5.11 Å². The second kappa shape index (κ2) is 9.08. The first-order valence-corrected chi connectivity index (χ1v) is 13.5. The Morgan fingerprint density at radius 3 is 2.31 bits per heavy atom. The molecule has 5 nitrogen and oxygen atoms in total. The molecule has 0 saturated carbocycles. The molecule has 2 saturated heterocycles. The summed E-state index contributed by atoms with van der Waals surface area (Å²) in [5.41, 5.74) is 3.50. The van der Waals surface area contributed by atoms with Gasteiger partial charge in [0.2, 0.25) is 0 Å². The maximum Gasteiger partial charge on any atom is 0.252 e. The fraction of sp³-hybridized carbons (Fsp3) is 0.360. The number of thiophene rings is 1. The van der Waals surface area contributed by atoms with Crippen LogP contribution in [0.25, 0.3) is 11.1 Å². The molecule has 3 atom stereocenters. The van der Waals surface area contributed by atoms with Crippen molar-refractivity contribution in [2.45, 2.75) is 35.1 Å². The van der Waals surface area contributed by atoms with Gasteiger partial charge in [-0.2, -0.15) is 4.31 Å². The maximum atomic E-state index is 13.3. The number of rotatable bonds is 5. The van der Waals surface area contributed by atoms with Crippen molar-refractivity contribution in [3.05, 3.63) is 77.7 Å². The summed E-state index contributed by atoms with van der Waals surface area (Å²) in [7, 11) is -3.49. The van der Waals surface area contributed by atoms with Crippen LogP contribution in [-0.2, 0) is 10.0 Å². The summed E-state index contributed by atoms with van der Waals surface area (Å²) in [6.07, 6.45) is 1.77. The van der Waals surface area contributed by atoms with Gasteiger partial charge in [0, 0.05) is 31.1 Å². The third-order valence-corrected chi connectivity index (χ3v) is 10.1. The molecule has 0 radical (unpaired) electrons. The fourth-order valence-electron chi connectivity index (χ4n) is 5.19. The number of benzene rings is 2. The number of nitrogens with zero attached hydrogens (tertiary/aromatic N) is 2. The highest BCUT2D eigenvalue weighted by Gasteiger charge is 2.50. The van der Waals surface area contributed by atoms with Crippen molar-refractivity contribution in [2.75, 3.05) is 26.2 Å². The van der Waals surface area contributed by atoms with Crippen LogP contribution < -0.4 is 0 Å². The zero-order chi connectivity index (χ0) is 22.1. The zero-order valence-corrected chi connectivity index (χ0v) is 19.5. The van der Waals surface area contributed by atoms with Crippen molar-refractivity contribution >= 4 is 21.4 Å². The lowest BCUT2D eigenvalue weighted by Gasteiger charge is -2.57.